The van der Waals surface area contributed by atoms with E-state index in [0.717, 1.165) is 55.0 Å². The van der Waals surface area contributed by atoms with E-state index < -0.39 is 15.8 Å². The molecule has 1 fully saturated rings. The summed E-state index contributed by atoms with van der Waals surface area (Å²) in [6.45, 7) is 6.09. The zero-order valence-electron chi connectivity index (χ0n) is 19.2. The van der Waals surface area contributed by atoms with E-state index in [1.165, 1.54) is 38.2 Å². The number of nitrogens with one attached hydrogen (secondary N) is 1. The van der Waals surface area contributed by atoms with Gasteiger partial charge in [0.15, 0.2) is 0 Å². The van der Waals surface area contributed by atoms with Gasteiger partial charge < -0.3 is 0 Å². The molecule has 0 spiro atoms. The van der Waals surface area contributed by atoms with Gasteiger partial charge in [0.1, 0.15) is 5.82 Å². The van der Waals surface area contributed by atoms with Crippen LogP contribution in [0.5, 0.6) is 0 Å². The fraction of sp³-hybridized carbons (Fsp3) is 0.538. The molecule has 0 atom stereocenters. The fourth-order valence-corrected chi connectivity index (χ4v) is 6.17. The number of benzene rings is 2. The maximum absolute atomic E-state index is 14.7. The molecule has 32 heavy (non-hydrogen) atoms. The van der Waals surface area contributed by atoms with Gasteiger partial charge in [-0.3, -0.25) is 9.62 Å². The first-order chi connectivity index (χ1) is 15.3. The molecule has 6 heteroatoms. The van der Waals surface area contributed by atoms with Crippen molar-refractivity contribution in [2.45, 2.75) is 82.7 Å². The van der Waals surface area contributed by atoms with Crippen LogP contribution >= 0.6 is 0 Å². The summed E-state index contributed by atoms with van der Waals surface area (Å²) < 4.78 is 43.0. The van der Waals surface area contributed by atoms with Crippen molar-refractivity contribution in [1.82, 2.24) is 4.90 Å². The highest BCUT2D eigenvalue weighted by molar-refractivity contribution is 7.92. The normalized spacial score (nSPS) is 17.6. The predicted molar refractivity (Wildman–Crippen MR) is 128 cm³/mol. The van der Waals surface area contributed by atoms with Crippen molar-refractivity contribution in [2.75, 3.05) is 11.3 Å². The highest BCUT2D eigenvalue weighted by Gasteiger charge is 2.22. The maximum Gasteiger partial charge on any atom is 0.261 e. The molecule has 1 aliphatic carbocycles. The lowest BCUT2D eigenvalue weighted by Crippen LogP contribution is -2.35. The van der Waals surface area contributed by atoms with Crippen LogP contribution in [0.25, 0.3) is 0 Å². The third-order valence-electron chi connectivity index (χ3n) is 7.09. The quantitative estimate of drug-likeness (QED) is 0.535. The van der Waals surface area contributed by atoms with E-state index in [1.54, 1.807) is 18.2 Å². The Balaban J connectivity index is 1.40. The van der Waals surface area contributed by atoms with Crippen LogP contribution < -0.4 is 4.72 Å². The molecule has 174 valence electrons. The molecule has 1 aliphatic heterocycles. The summed E-state index contributed by atoms with van der Waals surface area (Å²) in [5.41, 5.74) is 3.15. The first-order valence-electron chi connectivity index (χ1n) is 12.0. The molecule has 2 aromatic rings. The third kappa shape index (κ3) is 5.52. The Labute approximate surface area is 192 Å². The number of anilines is 1. The molecule has 4 rings (SSSR count). The second-order valence-corrected chi connectivity index (χ2v) is 11.4. The zero-order valence-corrected chi connectivity index (χ0v) is 20.1. The average Bonchev–Trinajstić information content (AvgIpc) is 3.28. The third-order valence-corrected chi connectivity index (χ3v) is 8.45. The molecule has 0 saturated heterocycles. The number of halogens is 1. The first kappa shape index (κ1) is 23.2. The largest absolute Gasteiger partial charge is 0.296 e. The number of sulfonamides is 1. The minimum Gasteiger partial charge on any atom is -0.296 e. The molecule has 0 amide bonds. The van der Waals surface area contributed by atoms with E-state index in [-0.39, 0.29) is 10.6 Å². The van der Waals surface area contributed by atoms with E-state index in [2.05, 4.69) is 23.5 Å². The molecule has 1 N–H and O–H groups in total. The van der Waals surface area contributed by atoms with Crippen LogP contribution in [0.3, 0.4) is 0 Å². The number of hydrogen-bond donors (Lipinski definition) is 1. The van der Waals surface area contributed by atoms with E-state index >= 15 is 0 Å². The summed E-state index contributed by atoms with van der Waals surface area (Å²) >= 11 is 0. The van der Waals surface area contributed by atoms with Crippen molar-refractivity contribution in [3.8, 4) is 0 Å². The molecule has 0 aromatic heterocycles. The molecular formula is C26H35FN2O2S. The van der Waals surface area contributed by atoms with Crippen molar-refractivity contribution < 1.29 is 12.8 Å². The highest BCUT2D eigenvalue weighted by atomic mass is 32.2. The Morgan fingerprint density at radius 3 is 2.59 bits per heavy atom. The number of nitrogens with zero attached hydrogens (tertiary/aromatic N) is 1. The van der Waals surface area contributed by atoms with Gasteiger partial charge in [-0.05, 0) is 80.0 Å². The van der Waals surface area contributed by atoms with Crippen LogP contribution in [0.1, 0.15) is 69.1 Å². The molecule has 0 radical (unpaired) electrons. The topological polar surface area (TPSA) is 49.4 Å². The van der Waals surface area contributed by atoms with Crippen molar-refractivity contribution >= 4 is 15.7 Å². The van der Waals surface area contributed by atoms with Crippen molar-refractivity contribution in [3.63, 3.8) is 0 Å². The van der Waals surface area contributed by atoms with Crippen molar-refractivity contribution in [2.24, 2.45) is 5.92 Å². The second kappa shape index (κ2) is 9.92. The van der Waals surface area contributed by atoms with Gasteiger partial charge in [-0.1, -0.05) is 44.2 Å². The van der Waals surface area contributed by atoms with Crippen LogP contribution in [0, 0.1) is 11.7 Å². The van der Waals surface area contributed by atoms with E-state index in [1.807, 2.05) is 12.1 Å². The van der Waals surface area contributed by atoms with Crippen molar-refractivity contribution in [1.29, 1.82) is 0 Å². The molecule has 4 nitrogen and oxygen atoms in total. The first-order valence-corrected chi connectivity index (χ1v) is 13.5. The van der Waals surface area contributed by atoms with Gasteiger partial charge in [-0.2, -0.15) is 0 Å². The van der Waals surface area contributed by atoms with E-state index in [0.29, 0.717) is 6.04 Å². The number of aryl methyl sites for hydroxylation is 1. The van der Waals surface area contributed by atoms with E-state index in [9.17, 15) is 12.8 Å². The smallest absolute Gasteiger partial charge is 0.261 e. The maximum atomic E-state index is 14.7. The van der Waals surface area contributed by atoms with Crippen molar-refractivity contribution in [3.05, 3.63) is 58.9 Å². The lowest BCUT2D eigenvalue weighted by atomic mass is 9.98. The Morgan fingerprint density at radius 2 is 1.88 bits per heavy atom. The fourth-order valence-electron chi connectivity index (χ4n) is 5.05. The van der Waals surface area contributed by atoms with Gasteiger partial charge in [0.2, 0.25) is 0 Å². The van der Waals surface area contributed by atoms with Gasteiger partial charge in [0.05, 0.1) is 10.6 Å². The monoisotopic (exact) mass is 458 g/mol. The van der Waals surface area contributed by atoms with E-state index in [4.69, 9.17) is 0 Å². The Hall–Kier alpha value is -1.92. The second-order valence-electron chi connectivity index (χ2n) is 9.71. The predicted octanol–water partition coefficient (Wildman–Crippen LogP) is 5.91. The SMILES string of the molecule is CC(C)N1CCc2cc(S(=O)(=O)Nc3ccc(CCCC4CCCC4)cc3F)ccc2C1. The summed E-state index contributed by atoms with van der Waals surface area (Å²) in [5, 5.41) is 0. The van der Waals surface area contributed by atoms with Gasteiger partial charge >= 0.3 is 0 Å². The van der Waals surface area contributed by atoms with Gasteiger partial charge in [0.25, 0.3) is 10.0 Å². The number of hydrogen-bond acceptors (Lipinski definition) is 3. The molecular weight excluding hydrogens is 423 g/mol. The minimum atomic E-state index is -3.84. The van der Waals surface area contributed by atoms with Gasteiger partial charge in [-0.25, -0.2) is 12.8 Å². The average molecular weight is 459 g/mol. The summed E-state index contributed by atoms with van der Waals surface area (Å²) in [5.74, 6) is 0.313. The number of fused-ring (bicyclic) bond motifs is 1. The molecule has 1 heterocycles. The zero-order chi connectivity index (χ0) is 22.7. The Bertz CT molecular complexity index is 1050. The number of rotatable bonds is 8. The summed E-state index contributed by atoms with van der Waals surface area (Å²) in [4.78, 5) is 2.56. The molecule has 2 aliphatic rings. The van der Waals surface area contributed by atoms with Gasteiger partial charge in [-0.15, -0.1) is 0 Å². The standard InChI is InChI=1S/C26H35FN2O2S/c1-19(2)29-15-14-22-17-24(12-11-23(22)18-29)32(30,31)28-26-13-10-21(16-25(26)27)9-5-8-20-6-3-4-7-20/h10-13,16-17,19-20,28H,3-9,14-15,18H2,1-2H3. The lowest BCUT2D eigenvalue weighted by Gasteiger charge is -2.32. The van der Waals surface area contributed by atoms with Crippen LogP contribution in [0.2, 0.25) is 0 Å². The Kier molecular flexibility index (Phi) is 7.21. The molecule has 1 saturated carbocycles. The molecule has 2 aromatic carbocycles. The summed E-state index contributed by atoms with van der Waals surface area (Å²) in [6.07, 6.45) is 9.24. The van der Waals surface area contributed by atoms with Crippen LogP contribution in [0.15, 0.2) is 41.3 Å². The van der Waals surface area contributed by atoms with Crippen LogP contribution in [-0.2, 0) is 29.4 Å². The van der Waals surface area contributed by atoms with Crippen LogP contribution in [0.4, 0.5) is 10.1 Å². The summed E-state index contributed by atoms with van der Waals surface area (Å²) in [6, 6.07) is 10.6. The highest BCUT2D eigenvalue weighted by Crippen LogP contribution is 2.30. The lowest BCUT2D eigenvalue weighted by molar-refractivity contribution is 0.203. The van der Waals surface area contributed by atoms with Gasteiger partial charge in [0, 0.05) is 19.1 Å². The molecule has 0 unspecified atom stereocenters. The minimum absolute atomic E-state index is 0.00764. The Morgan fingerprint density at radius 1 is 1.09 bits per heavy atom. The summed E-state index contributed by atoms with van der Waals surface area (Å²) in [7, 11) is -3.84. The van der Waals surface area contributed by atoms with Crippen LogP contribution in [-0.4, -0.2) is 25.9 Å². The molecule has 0 bridgehead atoms.